The molecule has 0 saturated heterocycles. The number of carbonyl (C=O) groups is 4. The molecule has 0 saturated carbocycles. The van der Waals surface area contributed by atoms with Gasteiger partial charge in [-0.3, -0.25) is 19.4 Å². The number of pyridine rings is 2. The molecule has 0 aliphatic carbocycles. The Bertz CT molecular complexity index is 1040. The summed E-state index contributed by atoms with van der Waals surface area (Å²) in [6, 6.07) is 6.97. The summed E-state index contributed by atoms with van der Waals surface area (Å²) in [5, 5.41) is 36.7. The number of hydrogen-bond donors (Lipinski definition) is 5. The summed E-state index contributed by atoms with van der Waals surface area (Å²) in [5.74, 6) is -4.77. The van der Waals surface area contributed by atoms with E-state index in [-0.39, 0.29) is 55.5 Å². The van der Waals surface area contributed by atoms with Crippen molar-refractivity contribution in [1.82, 2.24) is 19.8 Å². The summed E-state index contributed by atoms with van der Waals surface area (Å²) < 4.78 is 0. The van der Waals surface area contributed by atoms with Gasteiger partial charge in [0.2, 0.25) is 0 Å². The van der Waals surface area contributed by atoms with Crippen molar-refractivity contribution in [2.24, 2.45) is 0 Å². The minimum Gasteiger partial charge on any atom is -0.480 e. The molecule has 13 heteroatoms. The number of nitrogens with two attached hydrogens (primary N) is 1. The third-order valence-electron chi connectivity index (χ3n) is 4.37. The zero-order chi connectivity index (χ0) is 24.5. The molecule has 0 aliphatic heterocycles. The van der Waals surface area contributed by atoms with Crippen molar-refractivity contribution in [2.75, 3.05) is 31.9 Å². The Balaban J connectivity index is 2.16. The molecule has 2 heterocycles. The topological polar surface area (TPSA) is 207 Å². The van der Waals surface area contributed by atoms with Crippen molar-refractivity contribution in [1.29, 1.82) is 0 Å². The molecule has 33 heavy (non-hydrogen) atoms. The van der Waals surface area contributed by atoms with E-state index in [0.717, 1.165) is 0 Å². The summed E-state index contributed by atoms with van der Waals surface area (Å²) >= 11 is 0. The van der Waals surface area contributed by atoms with Crippen LogP contribution in [0.15, 0.2) is 30.3 Å². The Morgan fingerprint density at radius 3 is 1.79 bits per heavy atom. The third kappa shape index (κ3) is 8.51. The summed E-state index contributed by atoms with van der Waals surface area (Å²) in [6.45, 7) is -0.616. The normalized spacial score (nSPS) is 11.0. The molecule has 2 aromatic rings. The highest BCUT2D eigenvalue weighted by atomic mass is 16.4. The van der Waals surface area contributed by atoms with Crippen LogP contribution in [0.1, 0.15) is 32.4 Å². The highest BCUT2D eigenvalue weighted by molar-refractivity contribution is 5.86. The van der Waals surface area contributed by atoms with Crippen LogP contribution < -0.4 is 5.73 Å². The largest absolute Gasteiger partial charge is 0.480 e. The molecule has 0 aliphatic rings. The van der Waals surface area contributed by atoms with Crippen LogP contribution in [0.4, 0.5) is 5.69 Å². The van der Waals surface area contributed by atoms with Gasteiger partial charge in [-0.05, 0) is 24.3 Å². The number of nitrogens with zero attached hydrogens (tertiary/aromatic N) is 4. The van der Waals surface area contributed by atoms with Gasteiger partial charge >= 0.3 is 23.9 Å². The first-order valence-corrected chi connectivity index (χ1v) is 9.60. The van der Waals surface area contributed by atoms with E-state index < -0.39 is 30.4 Å². The van der Waals surface area contributed by atoms with Gasteiger partial charge in [-0.1, -0.05) is 6.07 Å². The zero-order valence-corrected chi connectivity index (χ0v) is 17.4. The maximum absolute atomic E-state index is 11.3. The van der Waals surface area contributed by atoms with E-state index >= 15 is 0 Å². The molecular weight excluding hydrogens is 438 g/mol. The van der Waals surface area contributed by atoms with Crippen molar-refractivity contribution in [3.8, 4) is 0 Å². The fraction of sp³-hybridized carbons (Fsp3) is 0.300. The summed E-state index contributed by atoms with van der Waals surface area (Å²) in [6.07, 6.45) is 0. The predicted octanol–water partition coefficient (Wildman–Crippen LogP) is -0.0714. The number of aromatic carboxylic acids is 2. The van der Waals surface area contributed by atoms with Crippen LogP contribution in [0.5, 0.6) is 0 Å². The quantitative estimate of drug-likeness (QED) is 0.265. The standard InChI is InChI=1S/C20H23N5O8/c21-12-6-14(23-16(7-12)20(32)33)9-25(11-18(28)29)5-4-24(10-17(26)27)8-13-2-1-3-15(22-13)19(30)31/h1-3,6-7H,4-5,8-11H2,(H2,21,23)(H,26,27)(H,28,29)(H,30,31)(H,32,33). The molecule has 0 aromatic carbocycles. The number of carboxylic acid groups (broad SMARTS) is 4. The minimum absolute atomic E-state index is 0.0219. The smallest absolute Gasteiger partial charge is 0.354 e. The molecule has 13 nitrogen and oxygen atoms in total. The molecule has 0 atom stereocenters. The summed E-state index contributed by atoms with van der Waals surface area (Å²) in [4.78, 5) is 55.8. The minimum atomic E-state index is -1.28. The van der Waals surface area contributed by atoms with Crippen molar-refractivity contribution in [2.45, 2.75) is 13.1 Å². The highest BCUT2D eigenvalue weighted by Gasteiger charge is 2.18. The Kier molecular flexibility index (Phi) is 8.77. The SMILES string of the molecule is Nc1cc(CN(CCN(CC(=O)O)Cc2cccc(C(=O)O)n2)CC(=O)O)nc(C(=O)O)c1. The van der Waals surface area contributed by atoms with Gasteiger partial charge in [-0.25, -0.2) is 19.6 Å². The van der Waals surface area contributed by atoms with Gasteiger partial charge in [-0.2, -0.15) is 0 Å². The van der Waals surface area contributed by atoms with Gasteiger partial charge < -0.3 is 26.2 Å². The van der Waals surface area contributed by atoms with E-state index in [0.29, 0.717) is 5.69 Å². The van der Waals surface area contributed by atoms with Gasteiger partial charge in [0.15, 0.2) is 5.69 Å². The van der Waals surface area contributed by atoms with Gasteiger partial charge in [0.1, 0.15) is 5.69 Å². The van der Waals surface area contributed by atoms with E-state index in [9.17, 15) is 29.4 Å². The lowest BCUT2D eigenvalue weighted by Crippen LogP contribution is -2.39. The zero-order valence-electron chi connectivity index (χ0n) is 17.4. The van der Waals surface area contributed by atoms with Gasteiger partial charge in [0.25, 0.3) is 0 Å². The fourth-order valence-corrected chi connectivity index (χ4v) is 3.04. The van der Waals surface area contributed by atoms with Crippen LogP contribution in [-0.4, -0.2) is 90.3 Å². The van der Waals surface area contributed by atoms with Crippen LogP contribution in [-0.2, 0) is 22.7 Å². The first-order chi connectivity index (χ1) is 15.5. The summed E-state index contributed by atoms with van der Waals surface area (Å²) in [7, 11) is 0. The molecule has 0 amide bonds. The second kappa shape index (κ2) is 11.5. The number of rotatable bonds is 13. The van der Waals surface area contributed by atoms with E-state index in [1.807, 2.05) is 0 Å². The van der Waals surface area contributed by atoms with Crippen molar-refractivity contribution < 1.29 is 39.6 Å². The Morgan fingerprint density at radius 1 is 0.758 bits per heavy atom. The van der Waals surface area contributed by atoms with Gasteiger partial charge in [0.05, 0.1) is 24.5 Å². The van der Waals surface area contributed by atoms with Crippen LogP contribution >= 0.6 is 0 Å². The van der Waals surface area contributed by atoms with Crippen LogP contribution in [0.3, 0.4) is 0 Å². The monoisotopic (exact) mass is 461 g/mol. The third-order valence-corrected chi connectivity index (χ3v) is 4.37. The maximum atomic E-state index is 11.3. The predicted molar refractivity (Wildman–Crippen MR) is 113 cm³/mol. The molecule has 0 spiro atoms. The Hall–Kier alpha value is -4.10. The lowest BCUT2D eigenvalue weighted by molar-refractivity contribution is -0.140. The van der Waals surface area contributed by atoms with E-state index in [1.165, 1.54) is 34.1 Å². The molecular formula is C20H23N5O8. The first kappa shape index (κ1) is 25.2. The van der Waals surface area contributed by atoms with Gasteiger partial charge in [-0.15, -0.1) is 0 Å². The lowest BCUT2D eigenvalue weighted by Gasteiger charge is -2.25. The number of nitrogen functional groups attached to an aromatic ring is 1. The maximum Gasteiger partial charge on any atom is 0.354 e. The second-order valence-corrected chi connectivity index (χ2v) is 7.11. The molecule has 6 N–H and O–H groups in total. The Morgan fingerprint density at radius 2 is 1.27 bits per heavy atom. The molecule has 0 radical (unpaired) electrons. The fourth-order valence-electron chi connectivity index (χ4n) is 3.04. The Labute approximate surface area is 187 Å². The molecule has 176 valence electrons. The molecule has 0 fully saturated rings. The first-order valence-electron chi connectivity index (χ1n) is 9.60. The van der Waals surface area contributed by atoms with Crippen molar-refractivity contribution in [3.63, 3.8) is 0 Å². The summed E-state index contributed by atoms with van der Waals surface area (Å²) in [5.41, 5.74) is 5.99. The molecule has 0 bridgehead atoms. The van der Waals surface area contributed by atoms with Gasteiger partial charge in [0, 0.05) is 31.9 Å². The average Bonchev–Trinajstić information content (AvgIpc) is 2.70. The number of aliphatic carboxylic acids is 2. The molecule has 2 aromatic heterocycles. The highest BCUT2D eigenvalue weighted by Crippen LogP contribution is 2.11. The van der Waals surface area contributed by atoms with Crippen molar-refractivity contribution >= 4 is 29.6 Å². The van der Waals surface area contributed by atoms with E-state index in [2.05, 4.69) is 9.97 Å². The lowest BCUT2D eigenvalue weighted by atomic mass is 10.2. The van der Waals surface area contributed by atoms with Crippen LogP contribution in [0.2, 0.25) is 0 Å². The number of carboxylic acids is 4. The molecule has 0 unspecified atom stereocenters. The molecule has 2 rings (SSSR count). The van der Waals surface area contributed by atoms with Crippen LogP contribution in [0.25, 0.3) is 0 Å². The number of anilines is 1. The van der Waals surface area contributed by atoms with Crippen LogP contribution in [0, 0.1) is 0 Å². The second-order valence-electron chi connectivity index (χ2n) is 7.11. The van der Waals surface area contributed by atoms with E-state index in [1.54, 1.807) is 6.07 Å². The van der Waals surface area contributed by atoms with E-state index in [4.69, 9.17) is 15.9 Å². The average molecular weight is 461 g/mol. The number of hydrogen-bond acceptors (Lipinski definition) is 9. The van der Waals surface area contributed by atoms with Crippen molar-refractivity contribution in [3.05, 3.63) is 53.1 Å². The number of aromatic nitrogens is 2.